The van der Waals surface area contributed by atoms with E-state index in [4.69, 9.17) is 17.2 Å². The lowest BCUT2D eigenvalue weighted by Crippen LogP contribution is -2.18. The van der Waals surface area contributed by atoms with Crippen molar-refractivity contribution in [2.45, 2.75) is 0 Å². The third kappa shape index (κ3) is 1.51. The van der Waals surface area contributed by atoms with Gasteiger partial charge in [-0.1, -0.05) is 0 Å². The molecule has 0 aliphatic carbocycles. The lowest BCUT2D eigenvalue weighted by atomic mass is 10.6. The molecule has 0 fully saturated rings. The smallest absolute Gasteiger partial charge is 0.286 e. The zero-order valence-corrected chi connectivity index (χ0v) is 5.48. The van der Waals surface area contributed by atoms with E-state index in [9.17, 15) is 4.79 Å². The highest BCUT2D eigenvalue weighted by molar-refractivity contribution is 5.89. The summed E-state index contributed by atoms with van der Waals surface area (Å²) in [7, 11) is 0. The molecule has 7 nitrogen and oxygen atoms in total. The topological polar surface area (TPSA) is 134 Å². The van der Waals surface area contributed by atoms with Crippen molar-refractivity contribution in [2.75, 3.05) is 11.5 Å². The van der Waals surface area contributed by atoms with Gasteiger partial charge in [0.1, 0.15) is 0 Å². The number of rotatable bonds is 1. The van der Waals surface area contributed by atoms with Crippen LogP contribution in [0.5, 0.6) is 0 Å². The summed E-state index contributed by atoms with van der Waals surface area (Å²) >= 11 is 0. The summed E-state index contributed by atoms with van der Waals surface area (Å²) in [6, 6.07) is 0. The first-order chi connectivity index (χ1) is 5.09. The molecule has 1 aromatic heterocycles. The average Bonchev–Trinajstić information content (AvgIpc) is 1.85. The van der Waals surface area contributed by atoms with Crippen molar-refractivity contribution >= 4 is 17.8 Å². The Morgan fingerprint density at radius 1 is 1.09 bits per heavy atom. The standard InChI is InChI=1S/C4H6N6O/c5-1(11)2-8-3(6)10-4(7)9-2/h(H2,5,11)(H4,6,7,8,9,10). The first-order valence-corrected chi connectivity index (χ1v) is 2.66. The van der Waals surface area contributed by atoms with Crippen LogP contribution in [0.2, 0.25) is 0 Å². The second-order valence-corrected chi connectivity index (χ2v) is 1.74. The molecule has 0 aliphatic rings. The maximum atomic E-state index is 10.5. The number of primary amides is 1. The zero-order valence-electron chi connectivity index (χ0n) is 5.48. The summed E-state index contributed by atoms with van der Waals surface area (Å²) in [6.07, 6.45) is 0. The third-order valence-corrected chi connectivity index (χ3v) is 0.890. The fraction of sp³-hybridized carbons (Fsp3) is 0. The van der Waals surface area contributed by atoms with Gasteiger partial charge in [-0.2, -0.15) is 15.0 Å². The number of nitrogens with two attached hydrogens (primary N) is 3. The molecular formula is C4H6N6O. The van der Waals surface area contributed by atoms with Crippen molar-refractivity contribution in [2.24, 2.45) is 5.73 Å². The van der Waals surface area contributed by atoms with Crippen LogP contribution in [0.25, 0.3) is 0 Å². The van der Waals surface area contributed by atoms with Gasteiger partial charge in [0, 0.05) is 0 Å². The SMILES string of the molecule is NC(=O)c1nc(N)nc(N)n1. The minimum Gasteiger partial charge on any atom is -0.368 e. The molecule has 1 rings (SSSR count). The van der Waals surface area contributed by atoms with Crippen molar-refractivity contribution in [3.8, 4) is 0 Å². The Balaban J connectivity index is 3.19. The van der Waals surface area contributed by atoms with Gasteiger partial charge in [0.05, 0.1) is 0 Å². The monoisotopic (exact) mass is 154 g/mol. The second-order valence-electron chi connectivity index (χ2n) is 1.74. The lowest BCUT2D eigenvalue weighted by Gasteiger charge is -1.95. The van der Waals surface area contributed by atoms with Gasteiger partial charge in [0.2, 0.25) is 17.7 Å². The van der Waals surface area contributed by atoms with E-state index in [0.717, 1.165) is 0 Å². The number of anilines is 2. The first-order valence-electron chi connectivity index (χ1n) is 2.66. The van der Waals surface area contributed by atoms with E-state index in [1.54, 1.807) is 0 Å². The van der Waals surface area contributed by atoms with Gasteiger partial charge in [-0.05, 0) is 0 Å². The number of nitrogens with zero attached hydrogens (tertiary/aromatic N) is 3. The van der Waals surface area contributed by atoms with Gasteiger partial charge >= 0.3 is 0 Å². The molecular weight excluding hydrogens is 148 g/mol. The molecule has 0 unspecified atom stereocenters. The van der Waals surface area contributed by atoms with Crippen molar-refractivity contribution < 1.29 is 4.79 Å². The third-order valence-electron chi connectivity index (χ3n) is 0.890. The van der Waals surface area contributed by atoms with Crippen molar-refractivity contribution in [1.82, 2.24) is 15.0 Å². The van der Waals surface area contributed by atoms with E-state index in [1.807, 2.05) is 0 Å². The molecule has 0 radical (unpaired) electrons. The number of nitrogen functional groups attached to an aromatic ring is 2. The van der Waals surface area contributed by atoms with Crippen molar-refractivity contribution in [1.29, 1.82) is 0 Å². The van der Waals surface area contributed by atoms with Gasteiger partial charge in [0.15, 0.2) is 0 Å². The van der Waals surface area contributed by atoms with E-state index in [1.165, 1.54) is 0 Å². The quantitative estimate of drug-likeness (QED) is 0.434. The molecule has 11 heavy (non-hydrogen) atoms. The molecule has 1 heterocycles. The summed E-state index contributed by atoms with van der Waals surface area (Å²) in [5.41, 5.74) is 15.1. The van der Waals surface area contributed by atoms with E-state index < -0.39 is 5.91 Å². The molecule has 0 spiro atoms. The summed E-state index contributed by atoms with van der Waals surface area (Å²) in [5.74, 6) is -1.25. The number of carbonyl (C=O) groups excluding carboxylic acids is 1. The number of amides is 1. The van der Waals surface area contributed by atoms with Crippen LogP contribution in [0.4, 0.5) is 11.9 Å². The van der Waals surface area contributed by atoms with E-state index >= 15 is 0 Å². The summed E-state index contributed by atoms with van der Waals surface area (Å²) < 4.78 is 0. The number of hydrogen-bond acceptors (Lipinski definition) is 6. The highest BCUT2D eigenvalue weighted by Gasteiger charge is 2.06. The molecule has 7 heteroatoms. The van der Waals surface area contributed by atoms with Gasteiger partial charge in [-0.25, -0.2) is 0 Å². The molecule has 0 atom stereocenters. The summed E-state index contributed by atoms with van der Waals surface area (Å²) in [5, 5.41) is 0. The Morgan fingerprint density at radius 2 is 1.55 bits per heavy atom. The van der Waals surface area contributed by atoms with Crippen LogP contribution in [0.15, 0.2) is 0 Å². The summed E-state index contributed by atoms with van der Waals surface area (Å²) in [4.78, 5) is 20.8. The number of carbonyl (C=O) groups is 1. The zero-order chi connectivity index (χ0) is 8.43. The van der Waals surface area contributed by atoms with Crippen LogP contribution < -0.4 is 17.2 Å². The Bertz CT molecular complexity index is 276. The normalized spacial score (nSPS) is 9.45. The maximum absolute atomic E-state index is 10.5. The van der Waals surface area contributed by atoms with E-state index in [0.29, 0.717) is 0 Å². The van der Waals surface area contributed by atoms with Gasteiger partial charge in [0.25, 0.3) is 5.91 Å². The van der Waals surface area contributed by atoms with Crippen molar-refractivity contribution in [3.63, 3.8) is 0 Å². The predicted molar refractivity (Wildman–Crippen MR) is 37.2 cm³/mol. The highest BCUT2D eigenvalue weighted by Crippen LogP contribution is 1.96. The molecule has 0 aliphatic heterocycles. The Morgan fingerprint density at radius 3 is 1.91 bits per heavy atom. The summed E-state index contributed by atoms with van der Waals surface area (Å²) in [6.45, 7) is 0. The van der Waals surface area contributed by atoms with Crippen LogP contribution in [0.3, 0.4) is 0 Å². The van der Waals surface area contributed by atoms with Crippen LogP contribution in [0, 0.1) is 0 Å². The highest BCUT2D eigenvalue weighted by atomic mass is 16.1. The molecule has 0 saturated heterocycles. The van der Waals surface area contributed by atoms with Crippen LogP contribution in [-0.2, 0) is 0 Å². The molecule has 0 saturated carbocycles. The molecule has 0 aromatic carbocycles. The van der Waals surface area contributed by atoms with Gasteiger partial charge in [-0.3, -0.25) is 4.79 Å². The van der Waals surface area contributed by atoms with Gasteiger partial charge < -0.3 is 17.2 Å². The molecule has 1 amide bonds. The largest absolute Gasteiger partial charge is 0.368 e. The predicted octanol–water partition coefficient (Wildman–Crippen LogP) is -1.87. The molecule has 58 valence electrons. The van der Waals surface area contributed by atoms with E-state index in [2.05, 4.69) is 15.0 Å². The fourth-order valence-electron chi connectivity index (χ4n) is 0.520. The second kappa shape index (κ2) is 2.37. The number of hydrogen-bond donors (Lipinski definition) is 3. The van der Waals surface area contributed by atoms with Crippen LogP contribution >= 0.6 is 0 Å². The Hall–Kier alpha value is -1.92. The Labute approximate surface area is 61.6 Å². The lowest BCUT2D eigenvalue weighted by molar-refractivity contribution is 0.0990. The molecule has 0 bridgehead atoms. The Kier molecular flexibility index (Phi) is 1.55. The number of aromatic nitrogens is 3. The maximum Gasteiger partial charge on any atom is 0.286 e. The van der Waals surface area contributed by atoms with Crippen molar-refractivity contribution in [3.05, 3.63) is 5.82 Å². The molecule has 1 aromatic rings. The first kappa shape index (κ1) is 7.19. The minimum atomic E-state index is -0.786. The minimum absolute atomic E-state index is 0.119. The molecule has 6 N–H and O–H groups in total. The average molecular weight is 154 g/mol. The van der Waals surface area contributed by atoms with E-state index in [-0.39, 0.29) is 17.7 Å². The van der Waals surface area contributed by atoms with Gasteiger partial charge in [-0.15, -0.1) is 0 Å². The fourth-order valence-corrected chi connectivity index (χ4v) is 0.520. The van der Waals surface area contributed by atoms with Crippen LogP contribution in [0.1, 0.15) is 10.6 Å². The van der Waals surface area contributed by atoms with Crippen LogP contribution in [-0.4, -0.2) is 20.9 Å².